The molecule has 1 fully saturated rings. The summed E-state index contributed by atoms with van der Waals surface area (Å²) in [6, 6.07) is 1.89. The summed E-state index contributed by atoms with van der Waals surface area (Å²) in [5.74, 6) is -7.87. The van der Waals surface area contributed by atoms with Crippen molar-refractivity contribution in [2.24, 2.45) is 17.3 Å². The molecule has 2 atom stereocenters. The largest absolute Gasteiger partial charge is 0.460 e. The fraction of sp³-hybridized carbons (Fsp3) is 0.375. The van der Waals surface area contributed by atoms with E-state index >= 15 is 0 Å². The van der Waals surface area contributed by atoms with Crippen molar-refractivity contribution >= 4 is 5.97 Å². The average molecular weight is 327 g/mol. The minimum atomic E-state index is -1.59. The molecule has 1 aromatic rings. The van der Waals surface area contributed by atoms with E-state index < -0.39 is 52.7 Å². The summed E-state index contributed by atoms with van der Waals surface area (Å²) in [6.07, 6.45) is 2.79. The maximum atomic E-state index is 13.5. The van der Waals surface area contributed by atoms with Crippen molar-refractivity contribution < 1.29 is 27.1 Å². The lowest BCUT2D eigenvalue weighted by Crippen LogP contribution is -2.13. The monoisotopic (exact) mass is 327 g/mol. The van der Waals surface area contributed by atoms with E-state index in [1.165, 1.54) is 6.08 Å². The van der Waals surface area contributed by atoms with Gasteiger partial charge in [-0.15, -0.1) is 0 Å². The van der Waals surface area contributed by atoms with Gasteiger partial charge in [-0.3, -0.25) is 4.79 Å². The fourth-order valence-corrected chi connectivity index (χ4v) is 2.62. The Bertz CT molecular complexity index is 696. The van der Waals surface area contributed by atoms with Crippen LogP contribution in [-0.2, 0) is 16.1 Å². The number of carbonyl (C=O) groups is 1. The van der Waals surface area contributed by atoms with Gasteiger partial charge in [-0.25, -0.2) is 17.6 Å². The number of esters is 1. The molecule has 3 nitrogen and oxygen atoms in total. The van der Waals surface area contributed by atoms with Gasteiger partial charge in [0.15, 0.2) is 23.3 Å². The van der Waals surface area contributed by atoms with Crippen LogP contribution in [0.5, 0.6) is 0 Å². The molecule has 0 heterocycles. The predicted molar refractivity (Wildman–Crippen MR) is 71.6 cm³/mol. The summed E-state index contributed by atoms with van der Waals surface area (Å²) in [4.78, 5) is 12.0. The highest BCUT2D eigenvalue weighted by atomic mass is 19.2. The van der Waals surface area contributed by atoms with Crippen molar-refractivity contribution in [3.8, 4) is 6.07 Å². The molecule has 2 rings (SSSR count). The number of allylic oxidation sites excluding steroid dienone is 2. The molecular formula is C16H13F4NO2. The van der Waals surface area contributed by atoms with Crippen molar-refractivity contribution in [1.29, 1.82) is 5.26 Å². The molecule has 0 aliphatic heterocycles. The first-order valence-electron chi connectivity index (χ1n) is 6.76. The van der Waals surface area contributed by atoms with Gasteiger partial charge in [0.1, 0.15) is 6.61 Å². The lowest BCUT2D eigenvalue weighted by Gasteiger charge is -2.09. The minimum Gasteiger partial charge on any atom is -0.460 e. The number of hydrogen-bond donors (Lipinski definition) is 0. The summed E-state index contributed by atoms with van der Waals surface area (Å²) in [7, 11) is 0. The number of rotatable bonds is 4. The SMILES string of the molecule is CC1(C)[C@H](/C=C/C#N)[C@@H]1C(=O)OCc1c(F)c(F)cc(F)c1F. The van der Waals surface area contributed by atoms with Crippen LogP contribution in [0.2, 0.25) is 0 Å². The summed E-state index contributed by atoms with van der Waals surface area (Å²) in [5.41, 5.74) is -1.44. The number of nitrogens with zero attached hydrogens (tertiary/aromatic N) is 1. The zero-order chi connectivity index (χ0) is 17.4. The molecule has 1 saturated carbocycles. The van der Waals surface area contributed by atoms with Crippen molar-refractivity contribution in [1.82, 2.24) is 0 Å². The van der Waals surface area contributed by atoms with Gasteiger partial charge in [0, 0.05) is 12.1 Å². The van der Waals surface area contributed by atoms with Crippen molar-refractivity contribution in [2.45, 2.75) is 20.5 Å². The maximum absolute atomic E-state index is 13.5. The normalized spacial score (nSPS) is 22.0. The Balaban J connectivity index is 2.10. The van der Waals surface area contributed by atoms with E-state index in [1.54, 1.807) is 26.0 Å². The molecule has 0 spiro atoms. The second-order valence-corrected chi connectivity index (χ2v) is 5.87. The first-order chi connectivity index (χ1) is 10.7. The molecule has 1 aromatic carbocycles. The Morgan fingerprint density at radius 3 is 2.39 bits per heavy atom. The first-order valence-corrected chi connectivity index (χ1v) is 6.76. The van der Waals surface area contributed by atoms with E-state index in [2.05, 4.69) is 0 Å². The van der Waals surface area contributed by atoms with Crippen LogP contribution in [0, 0.1) is 51.9 Å². The van der Waals surface area contributed by atoms with Crippen LogP contribution >= 0.6 is 0 Å². The Morgan fingerprint density at radius 1 is 1.30 bits per heavy atom. The summed E-state index contributed by atoms with van der Waals surface area (Å²) in [6.45, 7) is 2.63. The van der Waals surface area contributed by atoms with Gasteiger partial charge in [0.05, 0.1) is 17.6 Å². The maximum Gasteiger partial charge on any atom is 0.310 e. The van der Waals surface area contributed by atoms with E-state index in [9.17, 15) is 22.4 Å². The molecule has 122 valence electrons. The third kappa shape index (κ3) is 3.07. The Labute approximate surface area is 130 Å². The van der Waals surface area contributed by atoms with E-state index in [0.717, 1.165) is 0 Å². The lowest BCUT2D eigenvalue weighted by atomic mass is 10.1. The topological polar surface area (TPSA) is 50.1 Å². The van der Waals surface area contributed by atoms with E-state index in [4.69, 9.17) is 10.00 Å². The molecule has 0 radical (unpaired) electrons. The molecule has 1 aliphatic carbocycles. The molecule has 0 amide bonds. The molecule has 0 N–H and O–H groups in total. The molecule has 7 heteroatoms. The van der Waals surface area contributed by atoms with Crippen molar-refractivity contribution in [2.75, 3.05) is 0 Å². The van der Waals surface area contributed by atoms with Gasteiger partial charge in [-0.1, -0.05) is 19.9 Å². The summed E-state index contributed by atoms with van der Waals surface area (Å²) < 4.78 is 57.9. The Hall–Kier alpha value is -2.36. The zero-order valence-corrected chi connectivity index (χ0v) is 12.4. The van der Waals surface area contributed by atoms with Crippen LogP contribution in [0.1, 0.15) is 19.4 Å². The van der Waals surface area contributed by atoms with Crippen LogP contribution in [0.4, 0.5) is 17.6 Å². The Morgan fingerprint density at radius 2 is 1.87 bits per heavy atom. The van der Waals surface area contributed by atoms with Gasteiger partial charge in [0.25, 0.3) is 0 Å². The van der Waals surface area contributed by atoms with Crippen LogP contribution < -0.4 is 0 Å². The molecule has 0 bridgehead atoms. The third-order valence-corrected chi connectivity index (χ3v) is 4.10. The summed E-state index contributed by atoms with van der Waals surface area (Å²) >= 11 is 0. The second kappa shape index (κ2) is 6.03. The Kier molecular flexibility index (Phi) is 4.46. The summed E-state index contributed by atoms with van der Waals surface area (Å²) in [5, 5.41) is 8.50. The highest BCUT2D eigenvalue weighted by Crippen LogP contribution is 2.59. The lowest BCUT2D eigenvalue weighted by molar-refractivity contribution is -0.147. The van der Waals surface area contributed by atoms with Crippen molar-refractivity contribution in [3.05, 3.63) is 47.1 Å². The number of halogens is 4. The molecule has 23 heavy (non-hydrogen) atoms. The van der Waals surface area contributed by atoms with E-state index in [0.29, 0.717) is 0 Å². The van der Waals surface area contributed by atoms with E-state index in [1.807, 2.05) is 0 Å². The second-order valence-electron chi connectivity index (χ2n) is 5.87. The standard InChI is InChI=1S/C16H13F4NO2/c1-16(2)9(4-3-5-21)12(16)15(22)23-7-8-13(19)10(17)6-11(18)14(8)20/h3-4,6,9,12H,7H2,1-2H3/b4-3+/t9-,12-/m1/s1. The number of nitriles is 1. The van der Waals surface area contributed by atoms with Gasteiger partial charge in [-0.05, 0) is 11.3 Å². The van der Waals surface area contributed by atoms with Gasteiger partial charge in [-0.2, -0.15) is 5.26 Å². The fourth-order valence-electron chi connectivity index (χ4n) is 2.62. The van der Waals surface area contributed by atoms with Gasteiger partial charge < -0.3 is 4.74 Å². The molecule has 0 unspecified atom stereocenters. The minimum absolute atomic E-state index is 0.0860. The average Bonchev–Trinajstić information content (AvgIpc) is 3.04. The smallest absolute Gasteiger partial charge is 0.310 e. The number of hydrogen-bond acceptors (Lipinski definition) is 3. The predicted octanol–water partition coefficient (Wildman–Crippen LogP) is 3.64. The van der Waals surface area contributed by atoms with E-state index in [-0.39, 0.29) is 12.0 Å². The number of carbonyl (C=O) groups excluding carboxylic acids is 1. The van der Waals surface area contributed by atoms with Crippen LogP contribution in [-0.4, -0.2) is 5.97 Å². The molecule has 0 saturated heterocycles. The van der Waals surface area contributed by atoms with Crippen molar-refractivity contribution in [3.63, 3.8) is 0 Å². The number of benzene rings is 1. The van der Waals surface area contributed by atoms with Gasteiger partial charge >= 0.3 is 5.97 Å². The third-order valence-electron chi connectivity index (χ3n) is 4.10. The zero-order valence-electron chi connectivity index (χ0n) is 12.4. The van der Waals surface area contributed by atoms with Crippen LogP contribution in [0.15, 0.2) is 18.2 Å². The van der Waals surface area contributed by atoms with Crippen LogP contribution in [0.25, 0.3) is 0 Å². The molecule has 1 aliphatic rings. The molecular weight excluding hydrogens is 314 g/mol. The number of ether oxygens (including phenoxy) is 1. The highest BCUT2D eigenvalue weighted by Gasteiger charge is 2.61. The van der Waals surface area contributed by atoms with Gasteiger partial charge in [0.2, 0.25) is 0 Å². The first kappa shape index (κ1) is 17.0. The van der Waals surface area contributed by atoms with Crippen LogP contribution in [0.3, 0.4) is 0 Å². The quantitative estimate of drug-likeness (QED) is 0.367. The molecule has 0 aromatic heterocycles. The highest BCUT2D eigenvalue weighted by molar-refractivity contribution is 5.78.